The fraction of sp³-hybridized carbons (Fsp3) is 0.400. The van der Waals surface area contributed by atoms with Crippen LogP contribution in [0.3, 0.4) is 0 Å². The minimum Gasteiger partial charge on any atom is -0.503 e. The molecule has 2 saturated heterocycles. The molecule has 18 heteroatoms. The molecule has 0 radical (unpaired) electrons. The number of hydrogen-bond donors (Lipinski definition) is 1. The fourth-order valence-corrected chi connectivity index (χ4v) is 8.98. The van der Waals surface area contributed by atoms with Crippen molar-refractivity contribution in [2.75, 3.05) is 38.1 Å². The second-order valence-corrected chi connectivity index (χ2v) is 14.0. The first-order chi connectivity index (χ1) is 22.4. The van der Waals surface area contributed by atoms with Crippen LogP contribution >= 0.6 is 34.8 Å². The van der Waals surface area contributed by atoms with E-state index in [2.05, 4.69) is 0 Å². The van der Waals surface area contributed by atoms with Crippen molar-refractivity contribution >= 4 is 81.2 Å². The molecule has 15 nitrogen and oxygen atoms in total. The highest BCUT2D eigenvalue weighted by Crippen LogP contribution is 2.66. The predicted molar refractivity (Wildman–Crippen MR) is 172 cm³/mol. The van der Waals surface area contributed by atoms with Crippen LogP contribution in [-0.4, -0.2) is 81.5 Å². The van der Waals surface area contributed by atoms with Gasteiger partial charge in [-0.15, -0.1) is 23.2 Å². The molecule has 2 aliphatic heterocycles. The van der Waals surface area contributed by atoms with Crippen LogP contribution in [0.4, 0.5) is 22.7 Å². The summed E-state index contributed by atoms with van der Waals surface area (Å²) in [5.41, 5.74) is -1.45. The quantitative estimate of drug-likeness (QED) is 0.148. The number of carbonyl (C=O) groups is 4. The van der Waals surface area contributed by atoms with Crippen molar-refractivity contribution in [2.24, 2.45) is 17.8 Å². The first-order valence-electron chi connectivity index (χ1n) is 14.4. The summed E-state index contributed by atoms with van der Waals surface area (Å²) in [7, 11) is 5.26. The number of ether oxygens (including phenoxy) is 1. The zero-order valence-electron chi connectivity index (χ0n) is 25.6. The molecule has 2 aromatic rings. The van der Waals surface area contributed by atoms with Crippen LogP contribution in [0.15, 0.2) is 35.9 Å². The Morgan fingerprint density at radius 3 is 2.12 bits per heavy atom. The highest BCUT2D eigenvalue weighted by molar-refractivity contribution is 6.53. The van der Waals surface area contributed by atoms with Gasteiger partial charge in [-0.3, -0.25) is 44.3 Å². The fourth-order valence-electron chi connectivity index (χ4n) is 7.74. The standard InChI is InChI=1S/C30H26Cl3N5O10/c1-34(2)23-18(37(44)45)9-13(10-19(23)38(46)47)36-25(40)15-6-5-14-16(21(15)26(36)41)11-29(32)27(42)35(3)28(43)30(29,33)22(14)12-7-17(31)24(39)20(8-12)48-4/h5,7-10,15-16,21-22,39H,6,11H2,1-4H3/t15-,16+,21-,22-,29+,30-/m0/s1. The number of nitro benzene ring substituents is 2. The van der Waals surface area contributed by atoms with Gasteiger partial charge in [-0.2, -0.15) is 0 Å². The molecule has 0 unspecified atom stereocenters. The lowest BCUT2D eigenvalue weighted by Gasteiger charge is -2.50. The second kappa shape index (κ2) is 11.0. The number of aromatic hydroxyl groups is 1. The summed E-state index contributed by atoms with van der Waals surface area (Å²) in [5.74, 6) is -8.08. The number of nitrogens with zero attached hydrogens (tertiary/aromatic N) is 5. The van der Waals surface area contributed by atoms with E-state index in [0.29, 0.717) is 10.5 Å². The first-order valence-corrected chi connectivity index (χ1v) is 15.5. The number of benzene rings is 2. The molecule has 0 aromatic heterocycles. The van der Waals surface area contributed by atoms with Crippen LogP contribution in [0.2, 0.25) is 5.02 Å². The summed E-state index contributed by atoms with van der Waals surface area (Å²) < 4.78 is 5.27. The van der Waals surface area contributed by atoms with Crippen molar-refractivity contribution in [3.63, 3.8) is 0 Å². The number of amides is 4. The highest BCUT2D eigenvalue weighted by Gasteiger charge is 2.76. The van der Waals surface area contributed by atoms with Crippen molar-refractivity contribution in [3.8, 4) is 11.5 Å². The van der Waals surface area contributed by atoms with Gasteiger partial charge in [0.1, 0.15) is 0 Å². The van der Waals surface area contributed by atoms with Crippen molar-refractivity contribution < 1.29 is 38.9 Å². The Morgan fingerprint density at radius 1 is 0.979 bits per heavy atom. The maximum absolute atomic E-state index is 14.3. The Kier molecular flexibility index (Phi) is 7.69. The summed E-state index contributed by atoms with van der Waals surface area (Å²) >= 11 is 20.6. The smallest absolute Gasteiger partial charge is 0.301 e. The average molecular weight is 723 g/mol. The molecule has 2 aliphatic carbocycles. The zero-order valence-corrected chi connectivity index (χ0v) is 27.9. The number of anilines is 2. The topological polar surface area (TPSA) is 194 Å². The molecular weight excluding hydrogens is 697 g/mol. The number of rotatable bonds is 6. The van der Waals surface area contributed by atoms with E-state index >= 15 is 0 Å². The number of allylic oxidation sites excluding steroid dienone is 2. The number of methoxy groups -OCH3 is 1. The third kappa shape index (κ3) is 4.26. The summed E-state index contributed by atoms with van der Waals surface area (Å²) in [4.78, 5) is 76.5. The molecule has 6 atom stereocenters. The predicted octanol–water partition coefficient (Wildman–Crippen LogP) is 4.13. The van der Waals surface area contributed by atoms with Gasteiger partial charge in [0, 0.05) is 39.2 Å². The summed E-state index contributed by atoms with van der Waals surface area (Å²) in [6.07, 6.45) is 1.26. The van der Waals surface area contributed by atoms with E-state index in [-0.39, 0.29) is 40.6 Å². The van der Waals surface area contributed by atoms with Crippen LogP contribution in [-0.2, 0) is 19.2 Å². The monoisotopic (exact) mass is 721 g/mol. The van der Waals surface area contributed by atoms with E-state index in [0.717, 1.165) is 17.0 Å². The Hall–Kier alpha value is -4.47. The van der Waals surface area contributed by atoms with E-state index in [1.54, 1.807) is 6.08 Å². The third-order valence-electron chi connectivity index (χ3n) is 9.77. The van der Waals surface area contributed by atoms with E-state index in [4.69, 9.17) is 39.5 Å². The molecule has 6 rings (SSSR count). The lowest BCUT2D eigenvalue weighted by Crippen LogP contribution is -2.60. The van der Waals surface area contributed by atoms with Crippen molar-refractivity contribution in [1.82, 2.24) is 4.90 Å². The van der Waals surface area contributed by atoms with Crippen molar-refractivity contribution in [2.45, 2.75) is 28.5 Å². The molecule has 2 aromatic carbocycles. The number of imide groups is 2. The third-order valence-corrected chi connectivity index (χ3v) is 11.5. The van der Waals surface area contributed by atoms with Crippen LogP contribution < -0.4 is 14.5 Å². The number of alkyl halides is 2. The van der Waals surface area contributed by atoms with Gasteiger partial charge >= 0.3 is 11.4 Å². The zero-order chi connectivity index (χ0) is 35.4. The number of nitro groups is 2. The molecule has 0 spiro atoms. The van der Waals surface area contributed by atoms with Crippen LogP contribution in [0.1, 0.15) is 24.3 Å². The van der Waals surface area contributed by atoms with E-state index in [1.807, 2.05) is 0 Å². The van der Waals surface area contributed by atoms with Gasteiger partial charge in [-0.1, -0.05) is 23.3 Å². The molecule has 1 N–H and O–H groups in total. The maximum atomic E-state index is 14.3. The molecule has 252 valence electrons. The van der Waals surface area contributed by atoms with Gasteiger partial charge < -0.3 is 14.7 Å². The Balaban J connectivity index is 1.53. The molecule has 4 amide bonds. The molecular formula is C30H26Cl3N5O10. The number of phenols is 1. The van der Waals surface area contributed by atoms with Crippen LogP contribution in [0.5, 0.6) is 11.5 Å². The molecule has 48 heavy (non-hydrogen) atoms. The van der Waals surface area contributed by atoms with Crippen molar-refractivity contribution in [1.29, 1.82) is 0 Å². The number of hydrogen-bond acceptors (Lipinski definition) is 11. The van der Waals surface area contributed by atoms with Gasteiger partial charge in [0.25, 0.3) is 11.8 Å². The molecule has 3 fully saturated rings. The van der Waals surface area contributed by atoms with Crippen LogP contribution in [0.25, 0.3) is 0 Å². The Labute approximate surface area is 286 Å². The van der Waals surface area contributed by atoms with Gasteiger partial charge in [-0.25, -0.2) is 4.90 Å². The van der Waals surface area contributed by atoms with E-state index in [9.17, 15) is 44.5 Å². The van der Waals surface area contributed by atoms with Gasteiger partial charge in [0.15, 0.2) is 26.9 Å². The molecule has 0 bridgehead atoms. The van der Waals surface area contributed by atoms with Crippen LogP contribution in [0, 0.1) is 38.0 Å². The molecule has 1 saturated carbocycles. The largest absolute Gasteiger partial charge is 0.503 e. The van der Waals surface area contributed by atoms with Gasteiger partial charge in [-0.05, 0) is 36.5 Å². The first kappa shape index (κ1) is 33.4. The number of halogens is 3. The SMILES string of the molecule is COc1cc([C@H]2C3=CC[C@@H]4C(=O)N(c5cc([N+](=O)[O-])c(N(C)C)c([N+](=O)[O-])c5)C(=O)[C@@H]4[C@@H]3C[C@@]3(Cl)C(=O)N(C)C(=O)[C@@]23Cl)cc(Cl)c1O. The number of likely N-dealkylation sites (tertiary alicyclic amines) is 1. The van der Waals surface area contributed by atoms with Gasteiger partial charge in [0.05, 0.1) is 39.5 Å². The second-order valence-electron chi connectivity index (χ2n) is 12.3. The minimum absolute atomic E-state index is 0.0444. The number of carbonyl (C=O) groups excluding carboxylic acids is 4. The normalized spacial score (nSPS) is 29.4. The number of fused-ring (bicyclic) bond motifs is 4. The van der Waals surface area contributed by atoms with Crippen molar-refractivity contribution in [3.05, 3.63) is 66.7 Å². The van der Waals surface area contributed by atoms with E-state index < -0.39 is 84.0 Å². The number of phenolic OH excluding ortho intramolecular Hbond substituents is 1. The lowest BCUT2D eigenvalue weighted by atomic mass is 9.56. The summed E-state index contributed by atoms with van der Waals surface area (Å²) in [5, 5.41) is 34.3. The average Bonchev–Trinajstić information content (AvgIpc) is 3.36. The molecule has 2 heterocycles. The molecule has 4 aliphatic rings. The Bertz CT molecular complexity index is 1880. The Morgan fingerprint density at radius 2 is 1.58 bits per heavy atom. The van der Waals surface area contributed by atoms with E-state index in [1.165, 1.54) is 45.3 Å². The lowest BCUT2D eigenvalue weighted by molar-refractivity contribution is -0.392. The summed E-state index contributed by atoms with van der Waals surface area (Å²) in [6.45, 7) is 0. The highest BCUT2D eigenvalue weighted by atomic mass is 35.5. The summed E-state index contributed by atoms with van der Waals surface area (Å²) in [6, 6.07) is 4.59. The van der Waals surface area contributed by atoms with Gasteiger partial charge in [0.2, 0.25) is 11.8 Å². The minimum atomic E-state index is -2.13. The maximum Gasteiger partial charge on any atom is 0.301 e.